The molecule has 1 aliphatic carbocycles. The van der Waals surface area contributed by atoms with Gasteiger partial charge in [0.05, 0.1) is 0 Å². The molecule has 2 rings (SSSR count). The summed E-state index contributed by atoms with van der Waals surface area (Å²) in [6, 6.07) is 0. The Balaban J connectivity index is 0.000000437. The normalized spacial score (nSPS) is 38.8. The number of aliphatic hydroxyl groups is 2. The van der Waals surface area contributed by atoms with Crippen LogP contribution in [0.1, 0.15) is 13.8 Å². The van der Waals surface area contributed by atoms with Crippen molar-refractivity contribution in [1.82, 2.24) is 0 Å². The first-order chi connectivity index (χ1) is 7.82. The summed E-state index contributed by atoms with van der Waals surface area (Å²) in [5.41, 5.74) is 0. The Morgan fingerprint density at radius 3 is 2.47 bits per heavy atom. The molecule has 1 aliphatic heterocycles. The van der Waals surface area contributed by atoms with Gasteiger partial charge in [0.15, 0.2) is 5.79 Å². The average molecular weight is 309 g/mol. The summed E-state index contributed by atoms with van der Waals surface area (Å²) < 4.78 is 26.5. The summed E-state index contributed by atoms with van der Waals surface area (Å²) in [7, 11) is 0. The van der Waals surface area contributed by atoms with Crippen LogP contribution in [0.5, 0.6) is 0 Å². The molecule has 0 aromatic rings. The van der Waals surface area contributed by atoms with Gasteiger partial charge in [-0.2, -0.15) is 0 Å². The standard InChI is InChI=1S/C9H13ClO4.Mn.H2O.O/c1-9(2)13-7-4(10)3-5(11)6(12)8(7)14-9;;;/h3,5-8,11-12H,1-2H3;;1H2;/q;+1;;/p-1/t5-,6-,7-,8+;;;/m1.../s1. The number of halogens is 1. The van der Waals surface area contributed by atoms with Crippen molar-refractivity contribution in [3.8, 4) is 0 Å². The van der Waals surface area contributed by atoms with Gasteiger partial charge in [-0.3, -0.25) is 0 Å². The Hall–Kier alpha value is 0.149. The minimum absolute atomic E-state index is 0.387. The number of rotatable bonds is 0. The summed E-state index contributed by atoms with van der Waals surface area (Å²) in [6.07, 6.45) is -1.63. The van der Waals surface area contributed by atoms with Crippen LogP contribution in [0.4, 0.5) is 0 Å². The third-order valence-corrected chi connectivity index (χ3v) is 2.76. The Morgan fingerprint density at radius 2 is 1.94 bits per heavy atom. The quantitative estimate of drug-likeness (QED) is 0.531. The zero-order chi connectivity index (χ0) is 13.2. The second-order valence-corrected chi connectivity index (χ2v) is 4.77. The first-order valence-corrected chi connectivity index (χ1v) is 6.21. The van der Waals surface area contributed by atoms with Gasteiger partial charge in [0.1, 0.15) is 24.4 Å². The molecule has 8 heteroatoms. The average Bonchev–Trinajstić information content (AvgIpc) is 2.53. The van der Waals surface area contributed by atoms with Crippen LogP contribution in [-0.2, 0) is 28.5 Å². The van der Waals surface area contributed by atoms with Crippen molar-refractivity contribution >= 4 is 11.6 Å². The predicted octanol–water partition coefficient (Wildman–Crippen LogP) is -0.314. The van der Waals surface area contributed by atoms with Crippen LogP contribution in [0.2, 0.25) is 0 Å². The molecule has 0 amide bonds. The fourth-order valence-electron chi connectivity index (χ4n) is 1.80. The molecule has 0 saturated carbocycles. The molecular weight excluding hydrogens is 294 g/mol. The molecule has 0 bridgehead atoms. The van der Waals surface area contributed by atoms with Gasteiger partial charge in [0.2, 0.25) is 0 Å². The van der Waals surface area contributed by atoms with Crippen molar-refractivity contribution < 1.29 is 42.9 Å². The molecule has 100 valence electrons. The van der Waals surface area contributed by atoms with Crippen LogP contribution in [0.25, 0.3) is 0 Å². The summed E-state index contributed by atoms with van der Waals surface area (Å²) in [4.78, 5) is 0. The fraction of sp³-hybridized carbons (Fsp3) is 0.778. The van der Waals surface area contributed by atoms with E-state index in [-0.39, 0.29) is 0 Å². The molecule has 0 aromatic heterocycles. The number of hydrogen-bond acceptors (Lipinski definition) is 5. The Bertz CT molecular complexity index is 321. The molecule has 2 aliphatic rings. The number of ether oxygens (including phenoxy) is 2. The van der Waals surface area contributed by atoms with Gasteiger partial charge in [-0.1, -0.05) is 11.6 Å². The zero-order valence-corrected chi connectivity index (χ0v) is 11.1. The van der Waals surface area contributed by atoms with E-state index in [1.807, 2.05) is 0 Å². The van der Waals surface area contributed by atoms with E-state index in [1.165, 1.54) is 6.08 Å². The van der Waals surface area contributed by atoms with Crippen molar-refractivity contribution in [1.29, 1.82) is 0 Å². The second-order valence-electron chi connectivity index (χ2n) is 4.12. The van der Waals surface area contributed by atoms with Crippen LogP contribution < -0.4 is 0 Å². The van der Waals surface area contributed by atoms with Crippen molar-refractivity contribution in [3.05, 3.63) is 11.1 Å². The SMILES string of the molecule is CC1(C)O[C@H]2[C@H](O)[C@H](O)C=C(Cl)[C@H]2O1.[O]=[Mn][OH]. The molecule has 0 unspecified atom stereocenters. The van der Waals surface area contributed by atoms with Crippen LogP contribution in [-0.4, -0.2) is 44.6 Å². The number of aliphatic hydroxyl groups excluding tert-OH is 2. The van der Waals surface area contributed by atoms with Gasteiger partial charge >= 0.3 is 23.2 Å². The van der Waals surface area contributed by atoms with Crippen LogP contribution >= 0.6 is 11.6 Å². The van der Waals surface area contributed by atoms with Gasteiger partial charge in [-0.25, -0.2) is 0 Å². The molecule has 1 heterocycles. The molecule has 3 N–H and O–H groups in total. The monoisotopic (exact) mass is 308 g/mol. The Labute approximate surface area is 110 Å². The summed E-state index contributed by atoms with van der Waals surface area (Å²) >= 11 is 4.70. The van der Waals surface area contributed by atoms with Gasteiger partial charge in [-0.05, 0) is 19.9 Å². The molecule has 0 aromatic carbocycles. The van der Waals surface area contributed by atoms with E-state index in [4.69, 9.17) is 29.1 Å². The van der Waals surface area contributed by atoms with Crippen molar-refractivity contribution in [3.63, 3.8) is 0 Å². The van der Waals surface area contributed by atoms with Gasteiger partial charge in [0, 0.05) is 5.03 Å². The van der Waals surface area contributed by atoms with Crippen LogP contribution in [0.3, 0.4) is 0 Å². The van der Waals surface area contributed by atoms with Crippen molar-refractivity contribution in [2.24, 2.45) is 0 Å². The van der Waals surface area contributed by atoms with E-state index in [1.54, 1.807) is 13.8 Å². The van der Waals surface area contributed by atoms with Gasteiger partial charge in [0.25, 0.3) is 0 Å². The fourth-order valence-corrected chi connectivity index (χ4v) is 2.10. The van der Waals surface area contributed by atoms with Gasteiger partial charge in [-0.15, -0.1) is 0 Å². The van der Waals surface area contributed by atoms with Crippen molar-refractivity contribution in [2.75, 3.05) is 0 Å². The second kappa shape index (κ2) is 5.86. The predicted molar refractivity (Wildman–Crippen MR) is 52.7 cm³/mol. The molecule has 1 fully saturated rings. The zero-order valence-electron chi connectivity index (χ0n) is 9.21. The molecule has 17 heavy (non-hydrogen) atoms. The number of fused-ring (bicyclic) bond motifs is 1. The molecule has 0 radical (unpaired) electrons. The van der Waals surface area contributed by atoms with E-state index < -0.39 is 45.4 Å². The molecule has 4 atom stereocenters. The third kappa shape index (κ3) is 3.56. The Kier molecular flexibility index (Phi) is 5.24. The van der Waals surface area contributed by atoms with E-state index in [0.29, 0.717) is 5.03 Å². The minimum atomic E-state index is -1.19. The summed E-state index contributed by atoms with van der Waals surface area (Å²) in [5.74, 6) is -0.769. The summed E-state index contributed by atoms with van der Waals surface area (Å²) in [6.45, 7) is 3.49. The maximum atomic E-state index is 9.64. The summed E-state index contributed by atoms with van der Waals surface area (Å²) in [5, 5.41) is 19.4. The van der Waals surface area contributed by atoms with Gasteiger partial charge < -0.3 is 19.7 Å². The first-order valence-electron chi connectivity index (χ1n) is 4.82. The van der Waals surface area contributed by atoms with E-state index >= 15 is 0 Å². The Morgan fingerprint density at radius 1 is 1.41 bits per heavy atom. The van der Waals surface area contributed by atoms with E-state index in [0.717, 1.165) is 0 Å². The van der Waals surface area contributed by atoms with E-state index in [9.17, 15) is 10.2 Å². The van der Waals surface area contributed by atoms with Crippen LogP contribution in [0.15, 0.2) is 11.1 Å². The third-order valence-electron chi connectivity index (χ3n) is 2.42. The molecule has 6 nitrogen and oxygen atoms in total. The topological polar surface area (TPSA) is 96.2 Å². The maximum absolute atomic E-state index is 9.64. The molecule has 1 saturated heterocycles. The van der Waals surface area contributed by atoms with Crippen molar-refractivity contribution in [2.45, 2.75) is 44.1 Å². The number of hydrogen-bond donors (Lipinski definition) is 3. The van der Waals surface area contributed by atoms with E-state index in [2.05, 4.69) is 0 Å². The van der Waals surface area contributed by atoms with Crippen LogP contribution in [0, 0.1) is 0 Å². The first kappa shape index (κ1) is 15.2. The molecule has 0 spiro atoms. The molecular formula is C9H14ClMnO6.